The molecule has 0 aliphatic heterocycles. The molecule has 1 aromatic carbocycles. The SMILES string of the molecule is CCn1c(=O)c2c(cc(-c3cnn(Cc4cccc(C(F)(F)F)c4)c3)n2O)n(CC)c1=O. The maximum atomic E-state index is 13.0. The molecular formula is C21H20F3N5O3. The number of rotatable bonds is 5. The second-order valence-corrected chi connectivity index (χ2v) is 7.28. The Bertz CT molecular complexity index is 1430. The Labute approximate surface area is 179 Å². The van der Waals surface area contributed by atoms with Gasteiger partial charge in [-0.15, -0.1) is 0 Å². The van der Waals surface area contributed by atoms with Crippen LogP contribution in [0.3, 0.4) is 0 Å². The molecule has 0 amide bonds. The first kappa shape index (κ1) is 21.5. The minimum atomic E-state index is -4.44. The molecule has 1 N–H and O–H groups in total. The van der Waals surface area contributed by atoms with Crippen molar-refractivity contribution in [2.24, 2.45) is 0 Å². The van der Waals surface area contributed by atoms with Crippen LogP contribution in [0.1, 0.15) is 25.0 Å². The molecule has 0 atom stereocenters. The van der Waals surface area contributed by atoms with Crippen LogP contribution in [0.2, 0.25) is 0 Å². The highest BCUT2D eigenvalue weighted by Crippen LogP contribution is 2.30. The molecule has 0 aliphatic carbocycles. The molecule has 0 bridgehead atoms. The summed E-state index contributed by atoms with van der Waals surface area (Å²) in [6, 6.07) is 6.47. The van der Waals surface area contributed by atoms with E-state index in [0.29, 0.717) is 17.7 Å². The predicted molar refractivity (Wildman–Crippen MR) is 111 cm³/mol. The van der Waals surface area contributed by atoms with Crippen molar-refractivity contribution < 1.29 is 18.4 Å². The number of hydrogen-bond acceptors (Lipinski definition) is 4. The zero-order valence-electron chi connectivity index (χ0n) is 17.3. The normalized spacial score (nSPS) is 12.0. The van der Waals surface area contributed by atoms with Crippen LogP contribution >= 0.6 is 0 Å². The van der Waals surface area contributed by atoms with E-state index >= 15 is 0 Å². The molecule has 11 heteroatoms. The van der Waals surface area contributed by atoms with E-state index < -0.39 is 23.0 Å². The number of alkyl halides is 3. The Morgan fingerprint density at radius 3 is 2.44 bits per heavy atom. The Hall–Kier alpha value is -3.76. The van der Waals surface area contributed by atoms with Crippen LogP contribution in [0, 0.1) is 0 Å². The van der Waals surface area contributed by atoms with Crippen LogP contribution < -0.4 is 11.2 Å². The zero-order valence-corrected chi connectivity index (χ0v) is 17.3. The number of halogens is 3. The fourth-order valence-corrected chi connectivity index (χ4v) is 3.76. The van der Waals surface area contributed by atoms with Crippen molar-refractivity contribution in [3.05, 3.63) is 74.7 Å². The topological polar surface area (TPSA) is 87.0 Å². The average Bonchev–Trinajstić information content (AvgIpc) is 3.33. The summed E-state index contributed by atoms with van der Waals surface area (Å²) in [5.41, 5.74) is -0.486. The highest BCUT2D eigenvalue weighted by molar-refractivity contribution is 5.83. The predicted octanol–water partition coefficient (Wildman–Crippen LogP) is 3.17. The van der Waals surface area contributed by atoms with Crippen LogP contribution in [0.25, 0.3) is 22.3 Å². The van der Waals surface area contributed by atoms with E-state index in [1.807, 2.05) is 0 Å². The Kier molecular flexibility index (Phi) is 5.19. The Morgan fingerprint density at radius 1 is 1.06 bits per heavy atom. The second-order valence-electron chi connectivity index (χ2n) is 7.28. The van der Waals surface area contributed by atoms with Gasteiger partial charge in [0.25, 0.3) is 5.56 Å². The number of hydrogen-bond donors (Lipinski definition) is 1. The molecule has 32 heavy (non-hydrogen) atoms. The van der Waals surface area contributed by atoms with Crippen LogP contribution in [0.5, 0.6) is 0 Å². The zero-order chi connectivity index (χ0) is 23.2. The van der Waals surface area contributed by atoms with Gasteiger partial charge in [0.1, 0.15) is 0 Å². The van der Waals surface area contributed by atoms with E-state index in [1.54, 1.807) is 26.1 Å². The summed E-state index contributed by atoms with van der Waals surface area (Å²) in [6.45, 7) is 3.96. The van der Waals surface area contributed by atoms with Gasteiger partial charge < -0.3 is 5.21 Å². The molecule has 0 saturated carbocycles. The fourth-order valence-electron chi connectivity index (χ4n) is 3.76. The third-order valence-electron chi connectivity index (χ3n) is 5.32. The molecule has 8 nitrogen and oxygen atoms in total. The number of fused-ring (bicyclic) bond motifs is 1. The molecule has 168 valence electrons. The third kappa shape index (κ3) is 3.49. The summed E-state index contributed by atoms with van der Waals surface area (Å²) < 4.78 is 43.4. The van der Waals surface area contributed by atoms with Gasteiger partial charge in [-0.25, -0.2) is 4.79 Å². The first-order chi connectivity index (χ1) is 15.2. The van der Waals surface area contributed by atoms with E-state index in [1.165, 1.54) is 27.6 Å². The lowest BCUT2D eigenvalue weighted by Crippen LogP contribution is -2.39. The van der Waals surface area contributed by atoms with E-state index in [0.717, 1.165) is 21.4 Å². The fraction of sp³-hybridized carbons (Fsp3) is 0.286. The van der Waals surface area contributed by atoms with Gasteiger partial charge in [0.15, 0.2) is 5.52 Å². The summed E-state index contributed by atoms with van der Waals surface area (Å²) in [6.07, 6.45) is -1.46. The van der Waals surface area contributed by atoms with Gasteiger partial charge in [0.2, 0.25) is 0 Å². The van der Waals surface area contributed by atoms with Gasteiger partial charge in [-0.2, -0.15) is 23.0 Å². The summed E-state index contributed by atoms with van der Waals surface area (Å²) in [5, 5.41) is 14.9. The van der Waals surface area contributed by atoms with Gasteiger partial charge in [0, 0.05) is 24.8 Å². The van der Waals surface area contributed by atoms with Crippen molar-refractivity contribution >= 4 is 11.0 Å². The van der Waals surface area contributed by atoms with Gasteiger partial charge >= 0.3 is 11.9 Å². The number of nitrogens with zero attached hydrogens (tertiary/aromatic N) is 5. The van der Waals surface area contributed by atoms with E-state index in [2.05, 4.69) is 5.10 Å². The monoisotopic (exact) mass is 447 g/mol. The van der Waals surface area contributed by atoms with Gasteiger partial charge in [-0.1, -0.05) is 12.1 Å². The maximum Gasteiger partial charge on any atom is 0.416 e. The largest absolute Gasteiger partial charge is 0.428 e. The smallest absolute Gasteiger partial charge is 0.416 e. The molecule has 0 radical (unpaired) electrons. The van der Waals surface area contributed by atoms with E-state index in [9.17, 15) is 28.0 Å². The molecule has 0 unspecified atom stereocenters. The summed E-state index contributed by atoms with van der Waals surface area (Å²) in [4.78, 5) is 25.3. The average molecular weight is 447 g/mol. The van der Waals surface area contributed by atoms with Crippen LogP contribution in [-0.4, -0.2) is 28.9 Å². The molecule has 4 rings (SSSR count). The summed E-state index contributed by atoms with van der Waals surface area (Å²) >= 11 is 0. The van der Waals surface area contributed by atoms with Crippen LogP contribution in [-0.2, 0) is 25.8 Å². The van der Waals surface area contributed by atoms with Crippen LogP contribution in [0.4, 0.5) is 13.2 Å². The third-order valence-corrected chi connectivity index (χ3v) is 5.32. The van der Waals surface area contributed by atoms with Crippen molar-refractivity contribution in [3.8, 4) is 11.3 Å². The summed E-state index contributed by atoms with van der Waals surface area (Å²) in [7, 11) is 0. The highest BCUT2D eigenvalue weighted by atomic mass is 19.4. The molecule has 0 spiro atoms. The molecular weight excluding hydrogens is 427 g/mol. The second kappa shape index (κ2) is 7.74. The van der Waals surface area contributed by atoms with Crippen molar-refractivity contribution in [1.29, 1.82) is 0 Å². The first-order valence-corrected chi connectivity index (χ1v) is 9.93. The van der Waals surface area contributed by atoms with Crippen LogP contribution in [0.15, 0.2) is 52.3 Å². The number of benzene rings is 1. The van der Waals surface area contributed by atoms with E-state index in [-0.39, 0.29) is 29.8 Å². The molecule has 4 aromatic rings. The molecule has 0 fully saturated rings. The standard InChI is InChI=1S/C21H20F3N5O3/c1-3-27-17-9-16(29(32)18(17)19(30)28(4-2)20(27)31)14-10-25-26(12-14)11-13-6-5-7-15(8-13)21(22,23)24/h5-10,12,32H,3-4,11H2,1-2H3. The molecule has 3 aromatic heterocycles. The van der Waals surface area contributed by atoms with Crippen molar-refractivity contribution in [2.75, 3.05) is 0 Å². The first-order valence-electron chi connectivity index (χ1n) is 9.93. The van der Waals surface area contributed by atoms with Gasteiger partial charge in [-0.05, 0) is 37.6 Å². The van der Waals surface area contributed by atoms with Gasteiger partial charge in [-0.3, -0.25) is 18.6 Å². The molecule has 0 saturated heterocycles. The minimum absolute atomic E-state index is 0.0334. The Morgan fingerprint density at radius 2 is 1.78 bits per heavy atom. The lowest BCUT2D eigenvalue weighted by Gasteiger charge is -2.09. The number of aromatic nitrogens is 5. The minimum Gasteiger partial charge on any atom is -0.428 e. The summed E-state index contributed by atoms with van der Waals surface area (Å²) in [5.74, 6) is 0. The highest BCUT2D eigenvalue weighted by Gasteiger charge is 2.30. The van der Waals surface area contributed by atoms with Crippen molar-refractivity contribution in [3.63, 3.8) is 0 Å². The molecule has 3 heterocycles. The lowest BCUT2D eigenvalue weighted by atomic mass is 10.1. The Balaban J connectivity index is 1.76. The molecule has 0 aliphatic rings. The van der Waals surface area contributed by atoms with Crippen molar-refractivity contribution in [2.45, 2.75) is 39.7 Å². The quantitative estimate of drug-likeness (QED) is 0.476. The maximum absolute atomic E-state index is 13.0. The van der Waals surface area contributed by atoms with Crippen molar-refractivity contribution in [1.82, 2.24) is 23.6 Å². The van der Waals surface area contributed by atoms with Gasteiger partial charge in [0.05, 0.1) is 29.5 Å². The van der Waals surface area contributed by atoms with E-state index in [4.69, 9.17) is 0 Å². The number of aryl methyl sites for hydroxylation is 1. The lowest BCUT2D eigenvalue weighted by molar-refractivity contribution is -0.137.